The van der Waals surface area contributed by atoms with E-state index in [1.54, 1.807) is 11.3 Å². The maximum absolute atomic E-state index is 6.57. The number of nitrogens with zero attached hydrogens (tertiary/aromatic N) is 4. The van der Waals surface area contributed by atoms with E-state index < -0.39 is 0 Å². The lowest BCUT2D eigenvalue weighted by molar-refractivity contribution is 0.623. The number of oxazole rings is 1. The zero-order chi connectivity index (χ0) is 37.5. The van der Waals surface area contributed by atoms with Crippen molar-refractivity contribution < 1.29 is 4.42 Å². The summed E-state index contributed by atoms with van der Waals surface area (Å²) in [7, 11) is 0. The van der Waals surface area contributed by atoms with Crippen molar-refractivity contribution in [2.45, 2.75) is 0 Å². The van der Waals surface area contributed by atoms with Crippen LogP contribution < -0.4 is 0 Å². The van der Waals surface area contributed by atoms with Gasteiger partial charge in [-0.3, -0.25) is 0 Å². The van der Waals surface area contributed by atoms with Crippen molar-refractivity contribution in [3.63, 3.8) is 0 Å². The maximum atomic E-state index is 6.57. The van der Waals surface area contributed by atoms with Gasteiger partial charge in [0.25, 0.3) is 0 Å². The Bertz CT molecular complexity index is 3530. The number of rotatable bonds is 5. The molecule has 0 aliphatic heterocycles. The smallest absolute Gasteiger partial charge is 0.227 e. The number of hydrogen-bond acceptors (Lipinski definition) is 7. The molecule has 0 fully saturated rings. The second kappa shape index (κ2) is 12.7. The largest absolute Gasteiger partial charge is 0.435 e. The van der Waals surface area contributed by atoms with Gasteiger partial charge in [0, 0.05) is 68.0 Å². The van der Waals surface area contributed by atoms with Crippen LogP contribution in [0.3, 0.4) is 0 Å². The zero-order valence-electron chi connectivity index (χ0n) is 30.2. The van der Waals surface area contributed by atoms with Gasteiger partial charge >= 0.3 is 0 Å². The molecule has 0 amide bonds. The third-order valence-corrected chi connectivity index (χ3v) is 13.0. The van der Waals surface area contributed by atoms with E-state index in [0.29, 0.717) is 23.4 Å². The van der Waals surface area contributed by atoms with Gasteiger partial charge in [-0.2, -0.15) is 0 Å². The first-order chi connectivity index (χ1) is 28.2. The van der Waals surface area contributed by atoms with E-state index >= 15 is 0 Å². The molecular weight excluding hydrogens is 737 g/mol. The van der Waals surface area contributed by atoms with Gasteiger partial charge < -0.3 is 4.42 Å². The fourth-order valence-corrected chi connectivity index (χ4v) is 10.2. The van der Waals surface area contributed by atoms with Crippen molar-refractivity contribution in [2.24, 2.45) is 0 Å². The molecule has 4 aromatic heterocycles. The van der Waals surface area contributed by atoms with Crippen LogP contribution in [0, 0.1) is 0 Å². The highest BCUT2D eigenvalue weighted by molar-refractivity contribution is 7.26. The lowest BCUT2D eigenvalue weighted by atomic mass is 9.98. The molecule has 266 valence electrons. The van der Waals surface area contributed by atoms with E-state index in [2.05, 4.69) is 109 Å². The third-order valence-electron chi connectivity index (χ3n) is 10.7. The Kier molecular flexibility index (Phi) is 7.20. The van der Waals surface area contributed by atoms with E-state index in [1.165, 1.54) is 40.3 Å². The summed E-state index contributed by atoms with van der Waals surface area (Å²) in [5.41, 5.74) is 7.66. The molecule has 0 radical (unpaired) electrons. The monoisotopic (exact) mass is 764 g/mol. The molecule has 0 saturated heterocycles. The van der Waals surface area contributed by atoms with Crippen molar-refractivity contribution in [2.75, 3.05) is 0 Å². The summed E-state index contributed by atoms with van der Waals surface area (Å²) in [4.78, 5) is 20.2. The molecule has 0 unspecified atom stereocenters. The van der Waals surface area contributed by atoms with Crippen LogP contribution in [-0.2, 0) is 0 Å². The van der Waals surface area contributed by atoms with Crippen LogP contribution in [0.25, 0.3) is 119 Å². The highest BCUT2D eigenvalue weighted by Gasteiger charge is 2.18. The van der Waals surface area contributed by atoms with Crippen LogP contribution in [0.4, 0.5) is 0 Å². The van der Waals surface area contributed by atoms with Crippen LogP contribution in [-0.4, -0.2) is 19.9 Å². The van der Waals surface area contributed by atoms with Crippen molar-refractivity contribution in [1.82, 2.24) is 19.9 Å². The lowest BCUT2D eigenvalue weighted by Gasteiger charge is -2.10. The molecule has 0 spiro atoms. The van der Waals surface area contributed by atoms with E-state index in [9.17, 15) is 0 Å². The average molecular weight is 765 g/mol. The number of hydrogen-bond donors (Lipinski definition) is 0. The Morgan fingerprint density at radius 1 is 0.351 bits per heavy atom. The van der Waals surface area contributed by atoms with Gasteiger partial charge in [0.05, 0.1) is 0 Å². The summed E-state index contributed by atoms with van der Waals surface area (Å²) < 4.78 is 11.5. The predicted octanol–water partition coefficient (Wildman–Crippen LogP) is 14.2. The summed E-state index contributed by atoms with van der Waals surface area (Å²) in [6.45, 7) is 0. The number of thiophene rings is 2. The quantitative estimate of drug-likeness (QED) is 0.175. The van der Waals surface area contributed by atoms with Gasteiger partial charge in [0.2, 0.25) is 5.89 Å². The Labute approximate surface area is 334 Å². The minimum absolute atomic E-state index is 0.629. The van der Waals surface area contributed by atoms with E-state index in [1.807, 2.05) is 72.0 Å². The van der Waals surface area contributed by atoms with Gasteiger partial charge in [-0.1, -0.05) is 103 Å². The van der Waals surface area contributed by atoms with E-state index in [0.717, 1.165) is 55.3 Å². The van der Waals surface area contributed by atoms with Crippen molar-refractivity contribution in [3.8, 4) is 56.7 Å². The second-order valence-corrected chi connectivity index (χ2v) is 16.4. The van der Waals surface area contributed by atoms with Gasteiger partial charge in [-0.15, -0.1) is 22.7 Å². The van der Waals surface area contributed by atoms with Gasteiger partial charge in [-0.25, -0.2) is 19.9 Å². The molecule has 57 heavy (non-hydrogen) atoms. The first-order valence-corrected chi connectivity index (χ1v) is 20.4. The molecule has 0 saturated carbocycles. The predicted molar refractivity (Wildman–Crippen MR) is 238 cm³/mol. The Morgan fingerprint density at radius 3 is 1.74 bits per heavy atom. The number of benzene rings is 8. The lowest BCUT2D eigenvalue weighted by Crippen LogP contribution is -2.00. The molecule has 8 aromatic carbocycles. The molecule has 0 bridgehead atoms. The first-order valence-electron chi connectivity index (χ1n) is 18.8. The highest BCUT2D eigenvalue weighted by atomic mass is 32.1. The fourth-order valence-electron chi connectivity index (χ4n) is 8.00. The molecule has 12 aromatic rings. The van der Waals surface area contributed by atoms with Gasteiger partial charge in [0.15, 0.2) is 23.1 Å². The molecule has 7 heteroatoms. The SMILES string of the molecule is c1ccc(-c2nc(-c3cccc(-c4ccc5sc6ccc7ccc8nc(-c9ccccc9)oc8c7c6c5c4)c3)nc(-c3ccc4sc5ccccc5c4c3)n2)cc1. The van der Waals surface area contributed by atoms with E-state index in [4.69, 9.17) is 24.4 Å². The first kappa shape index (κ1) is 32.2. The minimum Gasteiger partial charge on any atom is -0.435 e. The Balaban J connectivity index is 1.00. The summed E-state index contributed by atoms with van der Waals surface area (Å²) in [5, 5.41) is 7.06. The third kappa shape index (κ3) is 5.35. The number of fused-ring (bicyclic) bond motifs is 10. The molecule has 0 aliphatic rings. The molecular formula is C50H28N4OS2. The van der Waals surface area contributed by atoms with Crippen molar-refractivity contribution in [3.05, 3.63) is 170 Å². The second-order valence-electron chi connectivity index (χ2n) is 14.2. The molecule has 0 atom stereocenters. The molecule has 0 N–H and O–H groups in total. The van der Waals surface area contributed by atoms with Crippen LogP contribution in [0.2, 0.25) is 0 Å². The Morgan fingerprint density at radius 2 is 0.912 bits per heavy atom. The fraction of sp³-hybridized carbons (Fsp3) is 0. The van der Waals surface area contributed by atoms with Gasteiger partial charge in [-0.05, 0) is 83.2 Å². The summed E-state index contributed by atoms with van der Waals surface area (Å²) in [6.07, 6.45) is 0. The summed E-state index contributed by atoms with van der Waals surface area (Å²) in [6, 6.07) is 59.3. The topological polar surface area (TPSA) is 64.7 Å². The average Bonchev–Trinajstić information content (AvgIpc) is 4.00. The van der Waals surface area contributed by atoms with Crippen LogP contribution >= 0.6 is 22.7 Å². The summed E-state index contributed by atoms with van der Waals surface area (Å²) >= 11 is 3.61. The zero-order valence-corrected chi connectivity index (χ0v) is 31.8. The minimum atomic E-state index is 0.629. The van der Waals surface area contributed by atoms with Crippen LogP contribution in [0.15, 0.2) is 174 Å². The molecule has 12 rings (SSSR count). The molecule has 4 heterocycles. The Hall–Kier alpha value is -7.06. The van der Waals surface area contributed by atoms with Crippen LogP contribution in [0.1, 0.15) is 0 Å². The van der Waals surface area contributed by atoms with Gasteiger partial charge in [0.1, 0.15) is 5.52 Å². The normalized spacial score (nSPS) is 11.9. The van der Waals surface area contributed by atoms with Crippen molar-refractivity contribution >= 4 is 84.9 Å². The summed E-state index contributed by atoms with van der Waals surface area (Å²) in [5.74, 6) is 2.55. The molecule has 5 nitrogen and oxygen atoms in total. The standard InChI is InChI=1S/C50H28N4OS2/c1-3-10-30(11-4-1)47-52-48(54-49(53-47)35-21-24-41-37(28-35)36-16-7-8-17-40(36)56-41)34-15-9-14-32(26-34)33-20-23-42-38(27-33)45-43(57-42)25-19-29-18-22-39-46(44(29)45)55-50(51-39)31-12-5-2-6-13-31/h1-28H. The number of aromatic nitrogens is 4. The maximum Gasteiger partial charge on any atom is 0.227 e. The van der Waals surface area contributed by atoms with Crippen molar-refractivity contribution in [1.29, 1.82) is 0 Å². The van der Waals surface area contributed by atoms with Crippen LogP contribution in [0.5, 0.6) is 0 Å². The highest BCUT2D eigenvalue weighted by Crippen LogP contribution is 2.44. The molecule has 0 aliphatic carbocycles. The van der Waals surface area contributed by atoms with E-state index in [-0.39, 0.29) is 0 Å².